The number of carbonyl (C=O) groups is 1. The van der Waals surface area contributed by atoms with Gasteiger partial charge in [-0.25, -0.2) is 0 Å². The van der Waals surface area contributed by atoms with Crippen LogP contribution < -0.4 is 5.32 Å². The molecule has 0 aromatic rings. The minimum absolute atomic E-state index is 0.0288. The lowest BCUT2D eigenvalue weighted by Gasteiger charge is -2.54. The predicted molar refractivity (Wildman–Crippen MR) is 120 cm³/mol. The largest absolute Gasteiger partial charge is 0.375 e. The molecule has 5 heteroatoms. The van der Waals surface area contributed by atoms with Crippen LogP contribution in [-0.4, -0.2) is 47.7 Å². The zero-order valence-electron chi connectivity index (χ0n) is 19.5. The highest BCUT2D eigenvalue weighted by molar-refractivity contribution is 5.79. The summed E-state index contributed by atoms with van der Waals surface area (Å²) in [6.07, 6.45) is 13.8. The van der Waals surface area contributed by atoms with E-state index in [4.69, 9.17) is 4.74 Å². The molecule has 5 atom stereocenters. The van der Waals surface area contributed by atoms with Gasteiger partial charge in [-0.3, -0.25) is 4.79 Å². The van der Waals surface area contributed by atoms with E-state index in [2.05, 4.69) is 32.2 Å². The smallest absolute Gasteiger partial charge is 0.237 e. The molecule has 1 heterocycles. The van der Waals surface area contributed by atoms with Gasteiger partial charge in [-0.1, -0.05) is 39.5 Å². The number of hydrogen-bond acceptors (Lipinski definition) is 4. The monoisotopic (exact) mass is 417 g/mol. The molecule has 3 aliphatic rings. The Kier molecular flexibility index (Phi) is 8.21. The van der Waals surface area contributed by atoms with Crippen molar-refractivity contribution in [2.75, 3.05) is 19.7 Å². The van der Waals surface area contributed by atoms with E-state index in [1.807, 2.05) is 0 Å². The summed E-state index contributed by atoms with van der Waals surface area (Å²) in [6, 6.07) is 2.05. The Morgan fingerprint density at radius 1 is 1.23 bits per heavy atom. The van der Waals surface area contributed by atoms with E-state index < -0.39 is 0 Å². The molecular formula is C25H43N3O2. The molecule has 5 nitrogen and oxygen atoms in total. The third-order valence-electron chi connectivity index (χ3n) is 7.61. The number of amides is 1. The standard InChI is InChI=1S/C25H43N3O2/c1-4-5-6-7-8-12-30-25-14-20(2)13-21(16-25)15-24(3,19-25)27-18-23(29)28-11-9-10-22(28)17-26/h20-22,27H,4-16,18-19H2,1-3H3/t20-,21?,22+,24?,25?/m1/s1. The van der Waals surface area contributed by atoms with Crippen molar-refractivity contribution in [3.8, 4) is 6.07 Å². The molecular weight excluding hydrogens is 374 g/mol. The van der Waals surface area contributed by atoms with Crippen LogP contribution in [0.25, 0.3) is 0 Å². The maximum Gasteiger partial charge on any atom is 0.237 e. The molecule has 2 aliphatic carbocycles. The minimum atomic E-state index is -0.235. The summed E-state index contributed by atoms with van der Waals surface area (Å²) in [5, 5.41) is 12.9. The zero-order valence-corrected chi connectivity index (χ0v) is 19.5. The molecule has 170 valence electrons. The van der Waals surface area contributed by atoms with Crippen molar-refractivity contribution in [3.05, 3.63) is 0 Å². The van der Waals surface area contributed by atoms with Gasteiger partial charge in [0.1, 0.15) is 6.04 Å². The summed E-state index contributed by atoms with van der Waals surface area (Å²) in [4.78, 5) is 14.5. The van der Waals surface area contributed by atoms with Crippen molar-refractivity contribution >= 4 is 5.91 Å². The average molecular weight is 418 g/mol. The van der Waals surface area contributed by atoms with E-state index in [0.29, 0.717) is 12.5 Å². The molecule has 0 spiro atoms. The summed E-state index contributed by atoms with van der Waals surface area (Å²) < 4.78 is 6.65. The average Bonchev–Trinajstić information content (AvgIpc) is 3.16. The first-order valence-electron chi connectivity index (χ1n) is 12.5. The van der Waals surface area contributed by atoms with Crippen LogP contribution in [-0.2, 0) is 9.53 Å². The fourth-order valence-electron chi connectivity index (χ4n) is 6.59. The topological polar surface area (TPSA) is 65.4 Å². The van der Waals surface area contributed by atoms with Crippen LogP contribution in [0.1, 0.15) is 97.8 Å². The van der Waals surface area contributed by atoms with Crippen molar-refractivity contribution in [1.82, 2.24) is 10.2 Å². The lowest BCUT2D eigenvalue weighted by molar-refractivity contribution is -0.142. The van der Waals surface area contributed by atoms with Crippen LogP contribution >= 0.6 is 0 Å². The van der Waals surface area contributed by atoms with Gasteiger partial charge in [0, 0.05) is 18.7 Å². The van der Waals surface area contributed by atoms with Gasteiger partial charge in [-0.05, 0) is 70.1 Å². The van der Waals surface area contributed by atoms with E-state index in [1.165, 1.54) is 38.5 Å². The van der Waals surface area contributed by atoms with E-state index in [9.17, 15) is 10.1 Å². The molecule has 0 aromatic heterocycles. The lowest BCUT2D eigenvalue weighted by Crippen LogP contribution is -2.59. The first-order chi connectivity index (χ1) is 14.4. The van der Waals surface area contributed by atoms with Crippen molar-refractivity contribution in [2.24, 2.45) is 11.8 Å². The molecule has 3 unspecified atom stereocenters. The quantitative estimate of drug-likeness (QED) is 0.518. The number of unbranched alkanes of at least 4 members (excludes halogenated alkanes) is 4. The van der Waals surface area contributed by atoms with Gasteiger partial charge in [0.15, 0.2) is 0 Å². The Hall–Kier alpha value is -1.12. The van der Waals surface area contributed by atoms with Gasteiger partial charge in [0.25, 0.3) is 0 Å². The van der Waals surface area contributed by atoms with Crippen LogP contribution in [0, 0.1) is 23.2 Å². The fourth-order valence-corrected chi connectivity index (χ4v) is 6.59. The van der Waals surface area contributed by atoms with Gasteiger partial charge in [0.2, 0.25) is 5.91 Å². The molecule has 3 fully saturated rings. The first-order valence-corrected chi connectivity index (χ1v) is 12.5. The Bertz CT molecular complexity index is 614. The summed E-state index contributed by atoms with van der Waals surface area (Å²) >= 11 is 0. The van der Waals surface area contributed by atoms with E-state index in [-0.39, 0.29) is 23.1 Å². The number of likely N-dealkylation sites (tertiary alicyclic amines) is 1. The number of carbonyl (C=O) groups excluding carboxylic acids is 1. The number of nitriles is 1. The molecule has 1 amide bonds. The van der Waals surface area contributed by atoms with Gasteiger partial charge < -0.3 is 15.0 Å². The minimum Gasteiger partial charge on any atom is -0.375 e. The second-order valence-electron chi connectivity index (χ2n) is 10.7. The van der Waals surface area contributed by atoms with Crippen LogP contribution in [0.15, 0.2) is 0 Å². The second kappa shape index (κ2) is 10.5. The summed E-state index contributed by atoms with van der Waals surface area (Å²) in [5.41, 5.74) is -0.0955. The number of hydrogen-bond donors (Lipinski definition) is 1. The van der Waals surface area contributed by atoms with Crippen molar-refractivity contribution < 1.29 is 9.53 Å². The first kappa shape index (κ1) is 23.5. The van der Waals surface area contributed by atoms with Crippen LogP contribution in [0.4, 0.5) is 0 Å². The Morgan fingerprint density at radius 2 is 2.03 bits per heavy atom. The van der Waals surface area contributed by atoms with Crippen LogP contribution in [0.3, 0.4) is 0 Å². The highest BCUT2D eigenvalue weighted by atomic mass is 16.5. The molecule has 1 aliphatic heterocycles. The number of fused-ring (bicyclic) bond motifs is 2. The third-order valence-corrected chi connectivity index (χ3v) is 7.61. The Labute approximate surface area is 183 Å². The summed E-state index contributed by atoms with van der Waals surface area (Å²) in [6.45, 7) is 8.85. The van der Waals surface area contributed by atoms with Crippen molar-refractivity contribution in [2.45, 2.75) is 115 Å². The normalized spacial score (nSPS) is 35.9. The molecule has 2 bridgehead atoms. The molecule has 0 radical (unpaired) electrons. The number of rotatable bonds is 10. The van der Waals surface area contributed by atoms with Gasteiger partial charge in [-0.2, -0.15) is 5.26 Å². The molecule has 2 saturated carbocycles. The van der Waals surface area contributed by atoms with Gasteiger partial charge >= 0.3 is 0 Å². The SMILES string of the molecule is CCCCCCCOC12CC(C[C@@H](C)C1)CC(C)(NCC(=O)N1CCC[C@H]1C#N)C2. The van der Waals surface area contributed by atoms with E-state index >= 15 is 0 Å². The van der Waals surface area contributed by atoms with Gasteiger partial charge in [0.05, 0.1) is 18.2 Å². The maximum absolute atomic E-state index is 12.8. The molecule has 30 heavy (non-hydrogen) atoms. The van der Waals surface area contributed by atoms with E-state index in [1.54, 1.807) is 4.90 Å². The van der Waals surface area contributed by atoms with Gasteiger partial charge in [-0.15, -0.1) is 0 Å². The fraction of sp³-hybridized carbons (Fsp3) is 0.920. The van der Waals surface area contributed by atoms with Crippen LogP contribution in [0.5, 0.6) is 0 Å². The van der Waals surface area contributed by atoms with Crippen molar-refractivity contribution in [3.63, 3.8) is 0 Å². The zero-order chi connectivity index (χ0) is 21.6. The van der Waals surface area contributed by atoms with E-state index in [0.717, 1.165) is 57.6 Å². The second-order valence-corrected chi connectivity index (χ2v) is 10.7. The number of nitrogens with one attached hydrogen (secondary N) is 1. The number of ether oxygens (including phenoxy) is 1. The molecule has 0 aromatic carbocycles. The summed E-state index contributed by atoms with van der Waals surface area (Å²) in [5.74, 6) is 1.47. The van der Waals surface area contributed by atoms with Crippen molar-refractivity contribution in [1.29, 1.82) is 5.26 Å². The molecule has 1 N–H and O–H groups in total. The highest BCUT2D eigenvalue weighted by Gasteiger charge is 2.50. The number of nitrogens with zero attached hydrogens (tertiary/aromatic N) is 2. The van der Waals surface area contributed by atoms with Crippen LogP contribution in [0.2, 0.25) is 0 Å². The third kappa shape index (κ3) is 5.98. The highest BCUT2D eigenvalue weighted by Crippen LogP contribution is 2.50. The molecule has 3 rings (SSSR count). The lowest BCUT2D eigenvalue weighted by atomic mass is 9.60. The predicted octanol–water partition coefficient (Wildman–Crippen LogP) is 4.81. The Morgan fingerprint density at radius 3 is 2.80 bits per heavy atom. The molecule has 1 saturated heterocycles. The maximum atomic E-state index is 12.8. The Balaban J connectivity index is 1.56. The summed E-state index contributed by atoms with van der Waals surface area (Å²) in [7, 11) is 0.